The summed E-state index contributed by atoms with van der Waals surface area (Å²) in [5.74, 6) is -0.587. The molecule has 0 heterocycles. The van der Waals surface area contributed by atoms with Gasteiger partial charge in [-0.05, 0) is 19.3 Å². The van der Waals surface area contributed by atoms with Crippen molar-refractivity contribution >= 4 is 17.7 Å². The normalized spacial score (nSPS) is 11.6. The maximum Gasteiger partial charge on any atom is 0.328 e. The highest BCUT2D eigenvalue weighted by Gasteiger charge is 2.45. The zero-order valence-electron chi connectivity index (χ0n) is 19.9. The summed E-state index contributed by atoms with van der Waals surface area (Å²) in [7, 11) is 1.57. The van der Waals surface area contributed by atoms with Gasteiger partial charge in [-0.15, -0.1) is 4.48 Å². The molecule has 4 nitrogen and oxygen atoms in total. The maximum atomic E-state index is 13.0. The van der Waals surface area contributed by atoms with E-state index >= 15 is 0 Å². The van der Waals surface area contributed by atoms with E-state index in [1.54, 1.807) is 7.05 Å². The van der Waals surface area contributed by atoms with Crippen LogP contribution in [0.3, 0.4) is 0 Å². The van der Waals surface area contributed by atoms with E-state index in [1.165, 1.54) is 19.3 Å². The van der Waals surface area contributed by atoms with E-state index in [0.717, 1.165) is 77.0 Å². The largest absolute Gasteiger partial charge is 0.328 e. The number of amides is 3. The average Bonchev–Trinajstić information content (AvgIpc) is 2.72. The van der Waals surface area contributed by atoms with E-state index in [4.69, 9.17) is 0 Å². The van der Waals surface area contributed by atoms with Gasteiger partial charge in [0.25, 0.3) is 0 Å². The number of quaternary nitrogens is 1. The lowest BCUT2D eigenvalue weighted by Gasteiger charge is -2.26. The first-order valence-electron chi connectivity index (χ1n) is 12.4. The Hall–Kier alpha value is -1.03. The Morgan fingerprint density at radius 3 is 0.931 bits per heavy atom. The molecular weight excluding hydrogens is 362 g/mol. The molecule has 0 bridgehead atoms. The van der Waals surface area contributed by atoms with E-state index < -0.39 is 4.48 Å². The molecule has 0 aromatic carbocycles. The Bertz CT molecular complexity index is 394. The number of imide groups is 3. The van der Waals surface area contributed by atoms with Crippen molar-refractivity contribution in [3.8, 4) is 0 Å². The molecule has 0 N–H and O–H groups in total. The predicted molar refractivity (Wildman–Crippen MR) is 121 cm³/mol. The van der Waals surface area contributed by atoms with Gasteiger partial charge in [-0.3, -0.25) is 0 Å². The lowest BCUT2D eigenvalue weighted by molar-refractivity contribution is -0.681. The maximum absolute atomic E-state index is 13.0. The predicted octanol–water partition coefficient (Wildman–Crippen LogP) is 7.09. The third-order valence-electron chi connectivity index (χ3n) is 5.98. The molecule has 0 rings (SSSR count). The highest BCUT2D eigenvalue weighted by atomic mass is 16.2. The highest BCUT2D eigenvalue weighted by molar-refractivity contribution is 5.97. The fraction of sp³-hybridized carbons (Fsp3) is 0.880. The fourth-order valence-electron chi connectivity index (χ4n) is 3.73. The van der Waals surface area contributed by atoms with Crippen molar-refractivity contribution in [3.05, 3.63) is 0 Å². The minimum atomic E-state index is -0.602. The minimum absolute atomic E-state index is 0.196. The second-order valence-corrected chi connectivity index (χ2v) is 8.68. The highest BCUT2D eigenvalue weighted by Crippen LogP contribution is 2.20. The van der Waals surface area contributed by atoms with Gasteiger partial charge in [-0.2, -0.15) is 0 Å². The summed E-state index contributed by atoms with van der Waals surface area (Å²) >= 11 is 0. The number of hydrogen-bond acceptors (Lipinski definition) is 3. The molecule has 0 saturated heterocycles. The summed E-state index contributed by atoms with van der Waals surface area (Å²) in [6.07, 6.45) is 16.7. The molecular formula is C25H48NO3+. The van der Waals surface area contributed by atoms with Crippen LogP contribution in [0.2, 0.25) is 0 Å². The van der Waals surface area contributed by atoms with Gasteiger partial charge in [-0.1, -0.05) is 97.8 Å². The molecule has 0 aromatic rings. The van der Waals surface area contributed by atoms with Gasteiger partial charge in [0.15, 0.2) is 0 Å². The number of hydrogen-bond donors (Lipinski definition) is 0. The molecule has 0 saturated carbocycles. The molecule has 170 valence electrons. The Kier molecular flexibility index (Phi) is 17.2. The molecule has 0 aliphatic rings. The average molecular weight is 411 g/mol. The Labute approximate surface area is 180 Å². The lowest BCUT2D eigenvalue weighted by atomic mass is 10.1. The van der Waals surface area contributed by atoms with Gasteiger partial charge in [0.05, 0.1) is 26.3 Å². The second-order valence-electron chi connectivity index (χ2n) is 8.68. The van der Waals surface area contributed by atoms with Crippen LogP contribution in [0.5, 0.6) is 0 Å². The molecule has 29 heavy (non-hydrogen) atoms. The van der Waals surface area contributed by atoms with Crippen LogP contribution in [0, 0.1) is 0 Å². The van der Waals surface area contributed by atoms with Crippen LogP contribution >= 0.6 is 0 Å². The fourth-order valence-corrected chi connectivity index (χ4v) is 3.73. The number of unbranched alkanes of at least 4 members (excludes halogenated alkanes) is 12. The van der Waals surface area contributed by atoms with Crippen LogP contribution in [0.25, 0.3) is 0 Å². The number of carbonyl (C=O) groups is 3. The molecule has 3 amide bonds. The summed E-state index contributed by atoms with van der Waals surface area (Å²) in [4.78, 5) is 38.9. The van der Waals surface area contributed by atoms with E-state index in [0.29, 0.717) is 19.3 Å². The molecule has 0 atom stereocenters. The minimum Gasteiger partial charge on any atom is -0.230 e. The van der Waals surface area contributed by atoms with Gasteiger partial charge in [0.1, 0.15) is 0 Å². The molecule has 0 fully saturated rings. The zero-order chi connectivity index (χ0) is 22.0. The van der Waals surface area contributed by atoms with Gasteiger partial charge < -0.3 is 0 Å². The van der Waals surface area contributed by atoms with Crippen LogP contribution < -0.4 is 0 Å². The summed E-state index contributed by atoms with van der Waals surface area (Å²) in [5.41, 5.74) is 0. The Morgan fingerprint density at radius 2 is 0.690 bits per heavy atom. The monoisotopic (exact) mass is 410 g/mol. The molecule has 0 aliphatic heterocycles. The second kappa shape index (κ2) is 17.8. The lowest BCUT2D eigenvalue weighted by Crippen LogP contribution is -2.57. The van der Waals surface area contributed by atoms with Crippen molar-refractivity contribution < 1.29 is 18.9 Å². The van der Waals surface area contributed by atoms with E-state index in [1.807, 2.05) is 0 Å². The van der Waals surface area contributed by atoms with Gasteiger partial charge in [-0.25, -0.2) is 14.4 Å². The third kappa shape index (κ3) is 11.7. The topological polar surface area (TPSA) is 51.2 Å². The molecule has 0 unspecified atom stereocenters. The smallest absolute Gasteiger partial charge is 0.230 e. The van der Waals surface area contributed by atoms with Crippen molar-refractivity contribution in [3.63, 3.8) is 0 Å². The van der Waals surface area contributed by atoms with Crippen molar-refractivity contribution in [2.24, 2.45) is 0 Å². The number of carbonyl (C=O) groups excluding carboxylic acids is 3. The van der Waals surface area contributed by atoms with Crippen LogP contribution in [0.4, 0.5) is 0 Å². The van der Waals surface area contributed by atoms with Gasteiger partial charge in [0.2, 0.25) is 0 Å². The Morgan fingerprint density at radius 1 is 0.448 bits per heavy atom. The first-order chi connectivity index (χ1) is 13.9. The summed E-state index contributed by atoms with van der Waals surface area (Å²) in [6.45, 7) is 6.49. The van der Waals surface area contributed by atoms with Crippen molar-refractivity contribution in [1.82, 2.24) is 0 Å². The van der Waals surface area contributed by atoms with Crippen molar-refractivity contribution in [2.75, 3.05) is 7.05 Å². The number of rotatable bonds is 18. The summed E-state index contributed by atoms with van der Waals surface area (Å²) in [5, 5.41) is 0. The molecule has 0 spiro atoms. The van der Waals surface area contributed by atoms with Crippen LogP contribution in [-0.4, -0.2) is 29.3 Å². The van der Waals surface area contributed by atoms with Crippen LogP contribution in [0.1, 0.15) is 136 Å². The van der Waals surface area contributed by atoms with E-state index in [-0.39, 0.29) is 17.7 Å². The third-order valence-corrected chi connectivity index (χ3v) is 5.98. The quantitative estimate of drug-likeness (QED) is 0.179. The molecule has 0 aromatic heterocycles. The van der Waals surface area contributed by atoms with Gasteiger partial charge in [0, 0.05) is 0 Å². The standard InChI is InChI=1S/C25H48NO3/c1-5-8-11-14-17-20-23(27)26(4,24(28)21-18-15-12-9-6-2)25(29)22-19-16-13-10-7-3/h5-22H2,1-4H3/q+1. The molecule has 0 radical (unpaired) electrons. The Balaban J connectivity index is 4.83. The van der Waals surface area contributed by atoms with Crippen molar-refractivity contribution in [1.29, 1.82) is 0 Å². The van der Waals surface area contributed by atoms with Gasteiger partial charge >= 0.3 is 17.7 Å². The SMILES string of the molecule is CCCCCCCC(=O)[N+](C)(C(=O)CCCCCCC)C(=O)CCCCCCC. The first kappa shape index (κ1) is 28.0. The van der Waals surface area contributed by atoms with Crippen molar-refractivity contribution in [2.45, 2.75) is 136 Å². The van der Waals surface area contributed by atoms with E-state index in [2.05, 4.69) is 20.8 Å². The molecule has 0 aliphatic carbocycles. The summed E-state index contributed by atoms with van der Waals surface area (Å²) < 4.78 is -0.602. The first-order valence-corrected chi connectivity index (χ1v) is 12.4. The summed E-state index contributed by atoms with van der Waals surface area (Å²) in [6, 6.07) is 0. The molecule has 4 heteroatoms. The van der Waals surface area contributed by atoms with Crippen LogP contribution in [-0.2, 0) is 14.4 Å². The van der Waals surface area contributed by atoms with E-state index in [9.17, 15) is 14.4 Å². The van der Waals surface area contributed by atoms with Crippen LogP contribution in [0.15, 0.2) is 0 Å². The number of nitrogens with zero attached hydrogens (tertiary/aromatic N) is 1. The zero-order valence-corrected chi connectivity index (χ0v) is 19.9.